The van der Waals surface area contributed by atoms with Crippen LogP contribution in [0.2, 0.25) is 0 Å². The lowest BCUT2D eigenvalue weighted by atomic mass is 9.87. The third kappa shape index (κ3) is 2.52. The topological polar surface area (TPSA) is 59.0 Å². The summed E-state index contributed by atoms with van der Waals surface area (Å²) in [4.78, 5) is 15.1. The molecule has 0 saturated heterocycles. The van der Waals surface area contributed by atoms with Crippen molar-refractivity contribution < 1.29 is 19.4 Å². The molecule has 1 N–H and O–H groups in total. The van der Waals surface area contributed by atoms with E-state index < -0.39 is 5.60 Å². The van der Waals surface area contributed by atoms with Crippen LogP contribution >= 0.6 is 15.9 Å². The molecule has 1 atom stereocenters. The average molecular weight is 438 g/mol. The number of rotatable bonds is 3. The molecular formula is C22H16BrNO4. The maximum absolute atomic E-state index is 13.5. The molecule has 0 spiro atoms. The van der Waals surface area contributed by atoms with Crippen molar-refractivity contribution in [3.05, 3.63) is 87.9 Å². The van der Waals surface area contributed by atoms with Crippen molar-refractivity contribution in [3.8, 4) is 11.5 Å². The standard InChI is InChI=1S/C22H16BrNO4/c23-16-8-5-14(6-9-16)12-24-18-4-2-1-3-17(18)22(26,21(24)25)15-7-10-19-20(11-15)28-13-27-19/h1-11,26H,12-13H2. The summed E-state index contributed by atoms with van der Waals surface area (Å²) in [5.74, 6) is 0.760. The van der Waals surface area contributed by atoms with Gasteiger partial charge < -0.3 is 19.5 Å². The maximum Gasteiger partial charge on any atom is 0.268 e. The van der Waals surface area contributed by atoms with Gasteiger partial charge in [0.15, 0.2) is 17.1 Å². The quantitative estimate of drug-likeness (QED) is 0.673. The first-order chi connectivity index (χ1) is 13.6. The lowest BCUT2D eigenvalue weighted by molar-refractivity contribution is -0.132. The van der Waals surface area contributed by atoms with Crippen molar-refractivity contribution in [1.82, 2.24) is 0 Å². The second kappa shape index (κ2) is 6.36. The summed E-state index contributed by atoms with van der Waals surface area (Å²) in [7, 11) is 0. The summed E-state index contributed by atoms with van der Waals surface area (Å²) in [6.45, 7) is 0.507. The number of ether oxygens (including phenoxy) is 2. The molecule has 1 amide bonds. The van der Waals surface area contributed by atoms with E-state index in [4.69, 9.17) is 9.47 Å². The number of carbonyl (C=O) groups excluding carboxylic acids is 1. The number of benzene rings is 3. The first-order valence-electron chi connectivity index (χ1n) is 8.86. The highest BCUT2D eigenvalue weighted by molar-refractivity contribution is 9.10. The van der Waals surface area contributed by atoms with E-state index in [0.29, 0.717) is 34.9 Å². The second-order valence-corrected chi connectivity index (χ2v) is 7.73. The second-order valence-electron chi connectivity index (χ2n) is 6.81. The molecule has 0 saturated carbocycles. The zero-order valence-corrected chi connectivity index (χ0v) is 16.3. The Morgan fingerprint density at radius 2 is 1.75 bits per heavy atom. The van der Waals surface area contributed by atoms with Gasteiger partial charge in [0.1, 0.15) is 0 Å². The predicted molar refractivity (Wildman–Crippen MR) is 107 cm³/mol. The van der Waals surface area contributed by atoms with Crippen LogP contribution in [0.25, 0.3) is 0 Å². The molecule has 2 heterocycles. The van der Waals surface area contributed by atoms with Gasteiger partial charge in [0.05, 0.1) is 12.2 Å². The third-order valence-corrected chi connectivity index (χ3v) is 5.71. The Balaban J connectivity index is 1.59. The van der Waals surface area contributed by atoms with Crippen LogP contribution in [-0.4, -0.2) is 17.8 Å². The van der Waals surface area contributed by atoms with Crippen LogP contribution in [0, 0.1) is 0 Å². The molecule has 2 aliphatic heterocycles. The summed E-state index contributed by atoms with van der Waals surface area (Å²) in [6, 6.07) is 20.2. The number of hydrogen-bond acceptors (Lipinski definition) is 4. The van der Waals surface area contributed by atoms with Crippen LogP contribution in [-0.2, 0) is 16.9 Å². The summed E-state index contributed by atoms with van der Waals surface area (Å²) in [6.07, 6.45) is 0. The van der Waals surface area contributed by atoms with Crippen LogP contribution in [0.15, 0.2) is 71.2 Å². The number of carbonyl (C=O) groups is 1. The van der Waals surface area contributed by atoms with Crippen LogP contribution in [0.5, 0.6) is 11.5 Å². The van der Waals surface area contributed by atoms with Crippen LogP contribution < -0.4 is 14.4 Å². The van der Waals surface area contributed by atoms with Gasteiger partial charge in [-0.05, 0) is 35.9 Å². The van der Waals surface area contributed by atoms with Gasteiger partial charge in [-0.25, -0.2) is 0 Å². The van der Waals surface area contributed by atoms with E-state index in [1.807, 2.05) is 42.5 Å². The largest absolute Gasteiger partial charge is 0.454 e. The summed E-state index contributed by atoms with van der Waals surface area (Å²) >= 11 is 3.43. The molecule has 0 aromatic heterocycles. The van der Waals surface area contributed by atoms with Crippen LogP contribution in [0.3, 0.4) is 0 Å². The number of fused-ring (bicyclic) bond motifs is 2. The summed E-state index contributed by atoms with van der Waals surface area (Å²) in [5, 5.41) is 11.6. The summed E-state index contributed by atoms with van der Waals surface area (Å²) < 4.78 is 11.8. The molecule has 0 aliphatic carbocycles. The first kappa shape index (κ1) is 17.3. The number of hydrogen-bond donors (Lipinski definition) is 1. The smallest absolute Gasteiger partial charge is 0.268 e. The minimum atomic E-state index is -1.77. The monoisotopic (exact) mass is 437 g/mol. The van der Waals surface area contributed by atoms with Crippen molar-refractivity contribution in [2.24, 2.45) is 0 Å². The highest BCUT2D eigenvalue weighted by Crippen LogP contribution is 2.47. The highest BCUT2D eigenvalue weighted by Gasteiger charge is 2.51. The SMILES string of the molecule is O=C1N(Cc2ccc(Br)cc2)c2ccccc2C1(O)c1ccc2c(c1)OCO2. The fourth-order valence-electron chi connectivity index (χ4n) is 3.76. The summed E-state index contributed by atoms with van der Waals surface area (Å²) in [5.41, 5.74) is 0.938. The fraction of sp³-hybridized carbons (Fsp3) is 0.136. The van der Waals surface area contributed by atoms with Crippen LogP contribution in [0.4, 0.5) is 5.69 Å². The van der Waals surface area contributed by atoms with Crippen molar-refractivity contribution >= 4 is 27.5 Å². The van der Waals surface area contributed by atoms with Crippen molar-refractivity contribution in [1.29, 1.82) is 0 Å². The van der Waals surface area contributed by atoms with Crippen molar-refractivity contribution in [3.63, 3.8) is 0 Å². The minimum Gasteiger partial charge on any atom is -0.454 e. The van der Waals surface area contributed by atoms with Crippen molar-refractivity contribution in [2.75, 3.05) is 11.7 Å². The molecule has 140 valence electrons. The Hall–Kier alpha value is -2.83. The maximum atomic E-state index is 13.5. The van der Waals surface area contributed by atoms with E-state index in [2.05, 4.69) is 15.9 Å². The molecule has 5 rings (SSSR count). The van der Waals surface area contributed by atoms with Gasteiger partial charge in [0.2, 0.25) is 6.79 Å². The van der Waals surface area contributed by atoms with E-state index in [1.54, 1.807) is 29.2 Å². The number of nitrogens with zero attached hydrogens (tertiary/aromatic N) is 1. The molecule has 1 unspecified atom stereocenters. The third-order valence-electron chi connectivity index (χ3n) is 5.18. The Morgan fingerprint density at radius 1 is 1.00 bits per heavy atom. The predicted octanol–water partition coefficient (Wildman–Crippen LogP) is 3.96. The van der Waals surface area contributed by atoms with Crippen LogP contribution in [0.1, 0.15) is 16.7 Å². The average Bonchev–Trinajstić information content (AvgIpc) is 3.27. The van der Waals surface area contributed by atoms with Gasteiger partial charge >= 0.3 is 0 Å². The van der Waals surface area contributed by atoms with Gasteiger partial charge in [-0.2, -0.15) is 0 Å². The molecule has 5 nitrogen and oxygen atoms in total. The van der Waals surface area contributed by atoms with Gasteiger partial charge in [0, 0.05) is 15.6 Å². The van der Waals surface area contributed by atoms with Gasteiger partial charge in [-0.1, -0.05) is 52.3 Å². The number of amides is 1. The van der Waals surface area contributed by atoms with Gasteiger partial charge in [-0.3, -0.25) is 4.79 Å². The van der Waals surface area contributed by atoms with Gasteiger partial charge in [-0.15, -0.1) is 0 Å². The van der Waals surface area contributed by atoms with E-state index in [-0.39, 0.29) is 12.7 Å². The first-order valence-corrected chi connectivity index (χ1v) is 9.65. The fourth-order valence-corrected chi connectivity index (χ4v) is 4.03. The zero-order valence-electron chi connectivity index (χ0n) is 14.8. The Kier molecular flexibility index (Phi) is 3.92. The Morgan fingerprint density at radius 3 is 2.57 bits per heavy atom. The number of anilines is 1. The van der Waals surface area contributed by atoms with E-state index >= 15 is 0 Å². The molecular weight excluding hydrogens is 422 g/mol. The molecule has 2 aliphatic rings. The van der Waals surface area contributed by atoms with Crippen molar-refractivity contribution in [2.45, 2.75) is 12.1 Å². The number of para-hydroxylation sites is 1. The molecule has 0 radical (unpaired) electrons. The Bertz CT molecular complexity index is 1080. The lowest BCUT2D eigenvalue weighted by Crippen LogP contribution is -2.40. The van der Waals surface area contributed by atoms with Gasteiger partial charge in [0.25, 0.3) is 5.91 Å². The number of halogens is 1. The highest BCUT2D eigenvalue weighted by atomic mass is 79.9. The molecule has 3 aromatic carbocycles. The molecule has 0 bridgehead atoms. The van der Waals surface area contributed by atoms with E-state index in [9.17, 15) is 9.90 Å². The Labute approximate surface area is 170 Å². The van der Waals surface area contributed by atoms with E-state index in [0.717, 1.165) is 10.0 Å². The molecule has 6 heteroatoms. The molecule has 3 aromatic rings. The zero-order chi connectivity index (χ0) is 19.3. The number of aliphatic hydroxyl groups is 1. The minimum absolute atomic E-state index is 0.136. The molecule has 28 heavy (non-hydrogen) atoms. The lowest BCUT2D eigenvalue weighted by Gasteiger charge is -2.24. The van der Waals surface area contributed by atoms with E-state index in [1.165, 1.54) is 0 Å². The molecule has 0 fully saturated rings. The normalized spacial score (nSPS) is 19.8.